The molecule has 1 aliphatic heterocycles. The highest BCUT2D eigenvalue weighted by molar-refractivity contribution is 4.71. The van der Waals surface area contributed by atoms with Gasteiger partial charge in [-0.3, -0.25) is 4.74 Å². The van der Waals surface area contributed by atoms with E-state index < -0.39 is 24.9 Å². The van der Waals surface area contributed by atoms with E-state index in [4.69, 9.17) is 0 Å². The van der Waals surface area contributed by atoms with Crippen molar-refractivity contribution in [3.8, 4) is 0 Å². The van der Waals surface area contributed by atoms with Gasteiger partial charge in [0, 0.05) is 0 Å². The maximum Gasteiger partial charge on any atom is 0.416 e. The molecule has 0 aliphatic carbocycles. The van der Waals surface area contributed by atoms with Crippen LogP contribution in [0, 0.1) is 0 Å². The van der Waals surface area contributed by atoms with E-state index in [1.54, 1.807) is 0 Å². The Labute approximate surface area is 62.0 Å². The summed E-state index contributed by atoms with van der Waals surface area (Å²) >= 11 is 0. The first-order chi connectivity index (χ1) is 5.26. The van der Waals surface area contributed by atoms with Gasteiger partial charge in [-0.2, -0.15) is 17.6 Å². The maximum atomic E-state index is 11.9. The summed E-state index contributed by atoms with van der Waals surface area (Å²) in [6, 6.07) is 0. The first kappa shape index (κ1) is 9.59. The molecule has 0 bridgehead atoms. The molecule has 72 valence electrons. The fraction of sp³-hybridized carbons (Fsp3) is 1.00. The van der Waals surface area contributed by atoms with E-state index in [1.807, 2.05) is 0 Å². The molecule has 12 heavy (non-hydrogen) atoms. The maximum absolute atomic E-state index is 11.9. The normalized spacial score (nSPS) is 39.5. The van der Waals surface area contributed by atoms with Crippen LogP contribution in [0.3, 0.4) is 0 Å². The van der Waals surface area contributed by atoms with Gasteiger partial charge >= 0.3 is 12.2 Å². The summed E-state index contributed by atoms with van der Waals surface area (Å²) in [5.41, 5.74) is 0. The molecule has 1 saturated heterocycles. The SMILES string of the molecule is F[C@@H]1O[C@H](F)C(F)(F)OC1(F)F. The summed E-state index contributed by atoms with van der Waals surface area (Å²) < 4.78 is 76.9. The average Bonchev–Trinajstić information content (AvgIpc) is 1.82. The molecule has 0 saturated carbocycles. The van der Waals surface area contributed by atoms with Gasteiger partial charge in [0.05, 0.1) is 0 Å². The highest BCUT2D eigenvalue weighted by atomic mass is 19.3. The minimum absolute atomic E-state index is 2.54. The van der Waals surface area contributed by atoms with Crippen LogP contribution >= 0.6 is 0 Å². The summed E-state index contributed by atoms with van der Waals surface area (Å²) in [5, 5.41) is 0. The van der Waals surface area contributed by atoms with Crippen molar-refractivity contribution in [2.24, 2.45) is 0 Å². The third kappa shape index (κ3) is 1.48. The second-order valence-corrected chi connectivity index (χ2v) is 1.99. The predicted molar refractivity (Wildman–Crippen MR) is 21.9 cm³/mol. The van der Waals surface area contributed by atoms with E-state index in [-0.39, 0.29) is 0 Å². The number of halogens is 6. The fourth-order valence-corrected chi connectivity index (χ4v) is 0.537. The average molecular weight is 196 g/mol. The van der Waals surface area contributed by atoms with Crippen molar-refractivity contribution < 1.29 is 35.8 Å². The van der Waals surface area contributed by atoms with Crippen LogP contribution in [-0.4, -0.2) is 24.9 Å². The minimum Gasteiger partial charge on any atom is -0.299 e. The number of hydrogen-bond acceptors (Lipinski definition) is 2. The molecule has 1 fully saturated rings. The second kappa shape index (κ2) is 2.49. The van der Waals surface area contributed by atoms with Crippen LogP contribution in [0.1, 0.15) is 0 Å². The van der Waals surface area contributed by atoms with Crippen LogP contribution in [0.2, 0.25) is 0 Å². The third-order valence-corrected chi connectivity index (χ3v) is 1.04. The van der Waals surface area contributed by atoms with Gasteiger partial charge in [-0.05, 0) is 0 Å². The Morgan fingerprint density at radius 3 is 1.42 bits per heavy atom. The molecule has 8 heteroatoms. The van der Waals surface area contributed by atoms with Gasteiger partial charge < -0.3 is 0 Å². The number of rotatable bonds is 0. The van der Waals surface area contributed by atoms with Gasteiger partial charge in [-0.1, -0.05) is 0 Å². The van der Waals surface area contributed by atoms with Crippen LogP contribution in [0.4, 0.5) is 26.3 Å². The van der Waals surface area contributed by atoms with Gasteiger partial charge in [0.15, 0.2) is 0 Å². The second-order valence-electron chi connectivity index (χ2n) is 1.99. The lowest BCUT2D eigenvalue weighted by molar-refractivity contribution is -0.503. The molecule has 1 aliphatic rings. The van der Waals surface area contributed by atoms with Crippen molar-refractivity contribution in [2.75, 3.05) is 0 Å². The van der Waals surface area contributed by atoms with Crippen LogP contribution in [-0.2, 0) is 9.47 Å². The Balaban J connectivity index is 2.78. The summed E-state index contributed by atoms with van der Waals surface area (Å²) in [7, 11) is 0. The molecule has 2 atom stereocenters. The van der Waals surface area contributed by atoms with Gasteiger partial charge in [-0.15, -0.1) is 0 Å². The molecular weight excluding hydrogens is 194 g/mol. The molecular formula is C4H2F6O2. The lowest BCUT2D eigenvalue weighted by atomic mass is 10.5. The van der Waals surface area contributed by atoms with E-state index in [0.29, 0.717) is 0 Å². The Hall–Kier alpha value is -0.500. The topological polar surface area (TPSA) is 18.5 Å². The number of hydrogen-bond donors (Lipinski definition) is 0. The van der Waals surface area contributed by atoms with E-state index in [2.05, 4.69) is 9.47 Å². The van der Waals surface area contributed by atoms with Crippen LogP contribution in [0.5, 0.6) is 0 Å². The van der Waals surface area contributed by atoms with Crippen molar-refractivity contribution in [1.29, 1.82) is 0 Å². The van der Waals surface area contributed by atoms with E-state index in [0.717, 1.165) is 0 Å². The first-order valence-corrected chi connectivity index (χ1v) is 2.65. The van der Waals surface area contributed by atoms with Gasteiger partial charge in [0.1, 0.15) is 0 Å². The minimum atomic E-state index is -4.83. The van der Waals surface area contributed by atoms with E-state index in [9.17, 15) is 26.3 Å². The van der Waals surface area contributed by atoms with Crippen LogP contribution in [0.25, 0.3) is 0 Å². The smallest absolute Gasteiger partial charge is 0.299 e. The molecule has 0 aromatic heterocycles. The molecule has 1 rings (SSSR count). The van der Waals surface area contributed by atoms with Gasteiger partial charge in [0.2, 0.25) is 0 Å². The van der Waals surface area contributed by atoms with Crippen LogP contribution < -0.4 is 0 Å². The van der Waals surface area contributed by atoms with Crippen molar-refractivity contribution in [1.82, 2.24) is 0 Å². The summed E-state index contributed by atoms with van der Waals surface area (Å²) in [5.74, 6) is 0. The predicted octanol–water partition coefficient (Wildman–Crippen LogP) is 1.81. The quantitative estimate of drug-likeness (QED) is 0.550. The fourth-order valence-electron chi connectivity index (χ4n) is 0.537. The molecule has 0 N–H and O–H groups in total. The van der Waals surface area contributed by atoms with Crippen molar-refractivity contribution in [3.05, 3.63) is 0 Å². The monoisotopic (exact) mass is 196 g/mol. The zero-order valence-corrected chi connectivity index (χ0v) is 5.24. The molecule has 0 unspecified atom stereocenters. The molecule has 0 radical (unpaired) electrons. The number of ether oxygens (including phenoxy) is 2. The Morgan fingerprint density at radius 2 is 1.17 bits per heavy atom. The molecule has 0 aromatic carbocycles. The summed E-state index contributed by atoms with van der Waals surface area (Å²) in [4.78, 5) is 0. The zero-order valence-electron chi connectivity index (χ0n) is 5.24. The highest BCUT2D eigenvalue weighted by Gasteiger charge is 2.62. The standard InChI is InChI=1S/C4H2F6O2/c5-1-3(7,8)12-4(9,10)2(6)11-1/h1-2H/t1-,2+. The third-order valence-electron chi connectivity index (χ3n) is 1.04. The highest BCUT2D eigenvalue weighted by Crippen LogP contribution is 2.40. The van der Waals surface area contributed by atoms with Crippen molar-refractivity contribution >= 4 is 0 Å². The first-order valence-electron chi connectivity index (χ1n) is 2.65. The van der Waals surface area contributed by atoms with Crippen molar-refractivity contribution in [3.63, 3.8) is 0 Å². The Kier molecular flexibility index (Phi) is 1.99. The Morgan fingerprint density at radius 1 is 0.833 bits per heavy atom. The van der Waals surface area contributed by atoms with Gasteiger partial charge in [0.25, 0.3) is 12.7 Å². The van der Waals surface area contributed by atoms with Crippen molar-refractivity contribution in [2.45, 2.75) is 24.9 Å². The molecule has 2 nitrogen and oxygen atoms in total. The summed E-state index contributed by atoms with van der Waals surface area (Å²) in [6.07, 6.45) is -16.7. The number of alkyl halides is 6. The Bertz CT molecular complexity index is 164. The molecule has 0 aromatic rings. The largest absolute Gasteiger partial charge is 0.416 e. The lowest BCUT2D eigenvalue weighted by Gasteiger charge is -2.33. The zero-order chi connectivity index (χ0) is 9.57. The van der Waals surface area contributed by atoms with Gasteiger partial charge in [-0.25, -0.2) is 13.5 Å². The molecule has 1 heterocycles. The molecule has 0 amide bonds. The van der Waals surface area contributed by atoms with Crippen LogP contribution in [0.15, 0.2) is 0 Å². The summed E-state index contributed by atoms with van der Waals surface area (Å²) in [6.45, 7) is 0. The lowest BCUT2D eigenvalue weighted by Crippen LogP contribution is -2.54. The van der Waals surface area contributed by atoms with E-state index in [1.165, 1.54) is 0 Å². The molecule has 0 spiro atoms. The van der Waals surface area contributed by atoms with E-state index >= 15 is 0 Å².